The number of hydrogen-bond acceptors (Lipinski definition) is 3. The van der Waals surface area contributed by atoms with Crippen molar-refractivity contribution >= 4 is 6.09 Å². The van der Waals surface area contributed by atoms with Crippen LogP contribution >= 0.6 is 0 Å². The van der Waals surface area contributed by atoms with Crippen LogP contribution in [0, 0.1) is 5.41 Å². The molecule has 0 aliphatic carbocycles. The molecule has 4 nitrogen and oxygen atoms in total. The Morgan fingerprint density at radius 3 is 2.21 bits per heavy atom. The summed E-state index contributed by atoms with van der Waals surface area (Å²) in [4.78, 5) is 11.5. The van der Waals surface area contributed by atoms with Gasteiger partial charge in [0.05, 0.1) is 5.41 Å². The van der Waals surface area contributed by atoms with Gasteiger partial charge >= 0.3 is 12.3 Å². The first-order valence-electron chi connectivity index (χ1n) is 6.30. The Balaban J connectivity index is 2.62. The fraction of sp³-hybridized carbons (Fsp3) is 0.917. The first-order chi connectivity index (χ1) is 8.56. The van der Waals surface area contributed by atoms with Crippen molar-refractivity contribution in [1.82, 2.24) is 10.6 Å². The highest BCUT2D eigenvalue weighted by molar-refractivity contribution is 5.67. The molecule has 1 amide bonds. The zero-order valence-electron chi connectivity index (χ0n) is 11.5. The van der Waals surface area contributed by atoms with Gasteiger partial charge in [-0.15, -0.1) is 0 Å². The zero-order chi connectivity index (χ0) is 14.7. The number of nitrogens with one attached hydrogen (secondary N) is 2. The van der Waals surface area contributed by atoms with E-state index in [4.69, 9.17) is 4.74 Å². The van der Waals surface area contributed by atoms with Crippen LogP contribution in [0.15, 0.2) is 0 Å². The summed E-state index contributed by atoms with van der Waals surface area (Å²) in [5.41, 5.74) is -2.57. The summed E-state index contributed by atoms with van der Waals surface area (Å²) in [6.07, 6.45) is -5.21. The third-order valence-corrected chi connectivity index (χ3v) is 3.13. The SMILES string of the molecule is CC(C)(C)OC(=O)NCC1(C(F)(F)F)CCNCC1. The quantitative estimate of drug-likeness (QED) is 0.818. The van der Waals surface area contributed by atoms with E-state index in [1.54, 1.807) is 20.8 Å². The second-order valence-corrected chi connectivity index (χ2v) is 5.88. The molecule has 1 saturated heterocycles. The van der Waals surface area contributed by atoms with Crippen LogP contribution < -0.4 is 10.6 Å². The predicted octanol–water partition coefficient (Wildman–Crippen LogP) is 2.44. The van der Waals surface area contributed by atoms with Gasteiger partial charge in [0.1, 0.15) is 5.60 Å². The van der Waals surface area contributed by atoms with Crippen molar-refractivity contribution < 1.29 is 22.7 Å². The number of alkyl halides is 3. The van der Waals surface area contributed by atoms with Crippen LogP contribution in [0.25, 0.3) is 0 Å². The van der Waals surface area contributed by atoms with Gasteiger partial charge in [-0.05, 0) is 46.7 Å². The molecule has 0 aromatic heterocycles. The van der Waals surface area contributed by atoms with Crippen LogP contribution in [0.5, 0.6) is 0 Å². The number of halogens is 3. The van der Waals surface area contributed by atoms with E-state index in [-0.39, 0.29) is 12.8 Å². The minimum Gasteiger partial charge on any atom is -0.444 e. The maximum atomic E-state index is 13.2. The molecular formula is C12H21F3N2O2. The molecule has 0 bridgehead atoms. The molecule has 1 aliphatic rings. The second-order valence-electron chi connectivity index (χ2n) is 5.88. The van der Waals surface area contributed by atoms with Crippen LogP contribution in [0.3, 0.4) is 0 Å². The van der Waals surface area contributed by atoms with E-state index in [9.17, 15) is 18.0 Å². The summed E-state index contributed by atoms with van der Waals surface area (Å²) in [6, 6.07) is 0. The summed E-state index contributed by atoms with van der Waals surface area (Å²) in [5.74, 6) is 0. The largest absolute Gasteiger partial charge is 0.444 e. The molecule has 0 radical (unpaired) electrons. The number of rotatable bonds is 2. The Hall–Kier alpha value is -0.980. The van der Waals surface area contributed by atoms with Gasteiger partial charge in [-0.3, -0.25) is 0 Å². The molecule has 0 aromatic rings. The van der Waals surface area contributed by atoms with Gasteiger partial charge in [0.25, 0.3) is 0 Å². The van der Waals surface area contributed by atoms with Crippen LogP contribution in [0.4, 0.5) is 18.0 Å². The zero-order valence-corrected chi connectivity index (χ0v) is 11.5. The fourth-order valence-electron chi connectivity index (χ4n) is 2.02. The Kier molecular flexibility index (Phi) is 4.71. The molecule has 7 heteroatoms. The third-order valence-electron chi connectivity index (χ3n) is 3.13. The predicted molar refractivity (Wildman–Crippen MR) is 64.8 cm³/mol. The standard InChI is InChI=1S/C12H21F3N2O2/c1-10(2,3)19-9(18)17-8-11(12(13,14)15)4-6-16-7-5-11/h16H,4-8H2,1-3H3,(H,17,18). The van der Waals surface area contributed by atoms with E-state index in [1.807, 2.05) is 0 Å². The lowest BCUT2D eigenvalue weighted by Crippen LogP contribution is -2.53. The van der Waals surface area contributed by atoms with Crippen molar-refractivity contribution in [3.8, 4) is 0 Å². The third kappa shape index (κ3) is 4.56. The number of alkyl carbamates (subject to hydrolysis) is 1. The van der Waals surface area contributed by atoms with Crippen LogP contribution in [0.1, 0.15) is 33.6 Å². The summed E-state index contributed by atoms with van der Waals surface area (Å²) in [5, 5.41) is 5.14. The van der Waals surface area contributed by atoms with E-state index in [2.05, 4.69) is 10.6 Å². The first kappa shape index (κ1) is 16.1. The molecule has 112 valence electrons. The smallest absolute Gasteiger partial charge is 0.407 e. The maximum Gasteiger partial charge on any atom is 0.407 e. The van der Waals surface area contributed by atoms with Gasteiger partial charge in [0.2, 0.25) is 0 Å². The lowest BCUT2D eigenvalue weighted by molar-refractivity contribution is -0.230. The average molecular weight is 282 g/mol. The Bertz CT molecular complexity index is 318. The van der Waals surface area contributed by atoms with Crippen molar-refractivity contribution in [2.75, 3.05) is 19.6 Å². The summed E-state index contributed by atoms with van der Waals surface area (Å²) >= 11 is 0. The molecule has 1 fully saturated rings. The van der Waals surface area contributed by atoms with Crippen molar-refractivity contribution in [3.63, 3.8) is 0 Å². The molecule has 1 aliphatic heterocycles. The van der Waals surface area contributed by atoms with Gasteiger partial charge < -0.3 is 15.4 Å². The second kappa shape index (κ2) is 5.56. The maximum absolute atomic E-state index is 13.2. The average Bonchev–Trinajstić information content (AvgIpc) is 2.24. The van der Waals surface area contributed by atoms with Gasteiger partial charge in [0, 0.05) is 6.54 Å². The highest BCUT2D eigenvalue weighted by Crippen LogP contribution is 2.44. The molecule has 2 N–H and O–H groups in total. The monoisotopic (exact) mass is 282 g/mol. The van der Waals surface area contributed by atoms with Crippen molar-refractivity contribution in [2.45, 2.75) is 45.4 Å². The molecule has 0 unspecified atom stereocenters. The molecule has 0 aromatic carbocycles. The minimum atomic E-state index is -4.33. The molecule has 0 spiro atoms. The number of carbonyl (C=O) groups is 1. The Morgan fingerprint density at radius 2 is 1.79 bits per heavy atom. The lowest BCUT2D eigenvalue weighted by atomic mass is 9.78. The summed E-state index contributed by atoms with van der Waals surface area (Å²) in [6.45, 7) is 5.15. The van der Waals surface area contributed by atoms with Crippen LogP contribution in [-0.4, -0.2) is 37.5 Å². The highest BCUT2D eigenvalue weighted by Gasteiger charge is 2.54. The fourth-order valence-corrected chi connectivity index (χ4v) is 2.02. The van der Waals surface area contributed by atoms with E-state index < -0.39 is 29.8 Å². The highest BCUT2D eigenvalue weighted by atomic mass is 19.4. The molecule has 0 saturated carbocycles. The van der Waals surface area contributed by atoms with Crippen LogP contribution in [0.2, 0.25) is 0 Å². The van der Waals surface area contributed by atoms with Gasteiger partial charge in [-0.25, -0.2) is 4.79 Å². The number of carbonyl (C=O) groups excluding carboxylic acids is 1. The Labute approximate surface area is 111 Å². The van der Waals surface area contributed by atoms with Gasteiger partial charge in [-0.1, -0.05) is 0 Å². The molecule has 0 atom stereocenters. The summed E-state index contributed by atoms with van der Waals surface area (Å²) in [7, 11) is 0. The summed E-state index contributed by atoms with van der Waals surface area (Å²) < 4.78 is 44.4. The number of piperidine rings is 1. The lowest BCUT2D eigenvalue weighted by Gasteiger charge is -2.39. The minimum absolute atomic E-state index is 0.0354. The van der Waals surface area contributed by atoms with Crippen molar-refractivity contribution in [3.05, 3.63) is 0 Å². The van der Waals surface area contributed by atoms with Crippen molar-refractivity contribution in [2.24, 2.45) is 5.41 Å². The van der Waals surface area contributed by atoms with E-state index in [1.165, 1.54) is 0 Å². The van der Waals surface area contributed by atoms with E-state index >= 15 is 0 Å². The normalized spacial score (nSPS) is 19.9. The van der Waals surface area contributed by atoms with E-state index in [0.717, 1.165) is 0 Å². The number of hydrogen-bond donors (Lipinski definition) is 2. The first-order valence-corrected chi connectivity index (χ1v) is 6.30. The van der Waals surface area contributed by atoms with Gasteiger partial charge in [0.15, 0.2) is 0 Å². The topological polar surface area (TPSA) is 50.4 Å². The van der Waals surface area contributed by atoms with Crippen LogP contribution in [-0.2, 0) is 4.74 Å². The molecule has 19 heavy (non-hydrogen) atoms. The molecular weight excluding hydrogens is 261 g/mol. The Morgan fingerprint density at radius 1 is 1.26 bits per heavy atom. The number of ether oxygens (including phenoxy) is 1. The van der Waals surface area contributed by atoms with Crippen molar-refractivity contribution in [1.29, 1.82) is 0 Å². The molecule has 1 rings (SSSR count). The number of amides is 1. The van der Waals surface area contributed by atoms with Gasteiger partial charge in [-0.2, -0.15) is 13.2 Å². The van der Waals surface area contributed by atoms with E-state index in [0.29, 0.717) is 13.1 Å². The molecule has 1 heterocycles.